The first-order valence-corrected chi connectivity index (χ1v) is 9.64. The highest BCUT2D eigenvalue weighted by atomic mass is 32.2. The third-order valence-corrected chi connectivity index (χ3v) is 5.65. The summed E-state index contributed by atoms with van der Waals surface area (Å²) in [7, 11) is 0. The number of carbonyl (C=O) groups is 4. The summed E-state index contributed by atoms with van der Waals surface area (Å²) in [6.45, 7) is 1.89. The van der Waals surface area contributed by atoms with Crippen LogP contribution in [0.1, 0.15) is 26.3 Å². The molecule has 4 rings (SSSR count). The zero-order chi connectivity index (χ0) is 19.8. The molecule has 2 aromatic rings. The molecule has 2 aliphatic rings. The molecule has 0 spiro atoms. The van der Waals surface area contributed by atoms with Crippen LogP contribution >= 0.6 is 11.8 Å². The van der Waals surface area contributed by atoms with Gasteiger partial charge < -0.3 is 5.32 Å². The molecule has 0 saturated carbocycles. The molecule has 2 heterocycles. The number of nitrogens with one attached hydrogen (secondary N) is 1. The van der Waals surface area contributed by atoms with Crippen molar-refractivity contribution < 1.29 is 19.2 Å². The lowest BCUT2D eigenvalue weighted by Gasteiger charge is -2.19. The number of nitrogens with zero attached hydrogens (tertiary/aromatic N) is 2. The van der Waals surface area contributed by atoms with Crippen molar-refractivity contribution in [1.82, 2.24) is 9.80 Å². The number of carbonyl (C=O) groups excluding carboxylic acids is 4. The Hall–Kier alpha value is -3.13. The molecule has 1 saturated heterocycles. The number of rotatable bonds is 5. The van der Waals surface area contributed by atoms with Crippen molar-refractivity contribution in [2.75, 3.05) is 18.4 Å². The van der Waals surface area contributed by atoms with Crippen molar-refractivity contribution >= 4 is 40.4 Å². The molecule has 7 nitrogen and oxygen atoms in total. The van der Waals surface area contributed by atoms with Crippen molar-refractivity contribution in [1.29, 1.82) is 0 Å². The van der Waals surface area contributed by atoms with Gasteiger partial charge in [-0.2, -0.15) is 0 Å². The second-order valence-electron chi connectivity index (χ2n) is 6.58. The lowest BCUT2D eigenvalue weighted by Crippen LogP contribution is -2.41. The zero-order valence-corrected chi connectivity index (χ0v) is 15.9. The monoisotopic (exact) mass is 395 g/mol. The number of fused-ring (bicyclic) bond motifs is 1. The van der Waals surface area contributed by atoms with Crippen LogP contribution in [0, 0.1) is 6.92 Å². The van der Waals surface area contributed by atoms with E-state index in [9.17, 15) is 19.2 Å². The Morgan fingerprint density at radius 1 is 0.893 bits per heavy atom. The number of amides is 4. The summed E-state index contributed by atoms with van der Waals surface area (Å²) in [5.41, 5.74) is 2.48. The number of anilines is 1. The van der Waals surface area contributed by atoms with E-state index in [2.05, 4.69) is 5.32 Å². The fourth-order valence-electron chi connectivity index (χ4n) is 3.27. The van der Waals surface area contributed by atoms with Crippen LogP contribution in [-0.4, -0.2) is 51.2 Å². The molecule has 4 amide bonds. The van der Waals surface area contributed by atoms with Crippen LogP contribution in [0.15, 0.2) is 48.5 Å². The van der Waals surface area contributed by atoms with Crippen LogP contribution < -0.4 is 5.32 Å². The third kappa shape index (κ3) is 3.16. The smallest absolute Gasteiger partial charge is 0.290 e. The van der Waals surface area contributed by atoms with Crippen molar-refractivity contribution in [3.63, 3.8) is 0 Å². The molecule has 0 aromatic heterocycles. The first kappa shape index (κ1) is 18.2. The van der Waals surface area contributed by atoms with Gasteiger partial charge in [-0.25, -0.2) is 0 Å². The van der Waals surface area contributed by atoms with E-state index in [1.54, 1.807) is 24.3 Å². The van der Waals surface area contributed by atoms with Crippen LogP contribution in [0.3, 0.4) is 0 Å². The highest BCUT2D eigenvalue weighted by molar-refractivity contribution is 8.15. The topological polar surface area (TPSA) is 86.8 Å². The Morgan fingerprint density at radius 2 is 1.54 bits per heavy atom. The largest absolute Gasteiger partial charge is 0.365 e. The third-order valence-electron chi connectivity index (χ3n) is 4.67. The predicted octanol–water partition coefficient (Wildman–Crippen LogP) is 2.72. The second kappa shape index (κ2) is 7.12. The SMILES string of the molecule is Cc1cccc(N[C@@H]2SC(=O)N(CCN3C(=O)c4ccccc4C3=O)C2=O)c1. The summed E-state index contributed by atoms with van der Waals surface area (Å²) in [6.07, 6.45) is 0. The molecule has 0 aliphatic carbocycles. The normalized spacial score (nSPS) is 18.8. The van der Waals surface area contributed by atoms with E-state index in [4.69, 9.17) is 0 Å². The first-order valence-electron chi connectivity index (χ1n) is 8.76. The van der Waals surface area contributed by atoms with E-state index >= 15 is 0 Å². The van der Waals surface area contributed by atoms with E-state index in [0.29, 0.717) is 11.1 Å². The van der Waals surface area contributed by atoms with Crippen LogP contribution in [0.5, 0.6) is 0 Å². The summed E-state index contributed by atoms with van der Waals surface area (Å²) >= 11 is 0.892. The first-order chi connectivity index (χ1) is 13.5. The van der Waals surface area contributed by atoms with Crippen LogP contribution in [-0.2, 0) is 4.79 Å². The van der Waals surface area contributed by atoms with Crippen molar-refractivity contribution in [2.45, 2.75) is 12.3 Å². The van der Waals surface area contributed by atoms with Gasteiger partial charge in [0.2, 0.25) is 0 Å². The minimum atomic E-state index is -0.725. The van der Waals surface area contributed by atoms with E-state index in [-0.39, 0.29) is 19.0 Å². The quantitative estimate of drug-likeness (QED) is 0.784. The van der Waals surface area contributed by atoms with Gasteiger partial charge >= 0.3 is 0 Å². The number of imide groups is 2. The number of benzene rings is 2. The Kier molecular flexibility index (Phi) is 4.64. The maximum absolute atomic E-state index is 12.6. The van der Waals surface area contributed by atoms with E-state index < -0.39 is 22.4 Å². The summed E-state index contributed by atoms with van der Waals surface area (Å²) in [6, 6.07) is 14.1. The van der Waals surface area contributed by atoms with Gasteiger partial charge in [-0.3, -0.25) is 29.0 Å². The Bertz CT molecular complexity index is 971. The molecule has 28 heavy (non-hydrogen) atoms. The lowest BCUT2D eigenvalue weighted by molar-refractivity contribution is -0.126. The van der Waals surface area contributed by atoms with Gasteiger partial charge in [-0.15, -0.1) is 0 Å². The molecule has 2 aliphatic heterocycles. The lowest BCUT2D eigenvalue weighted by atomic mass is 10.1. The number of hydrogen-bond acceptors (Lipinski definition) is 6. The van der Waals surface area contributed by atoms with E-state index in [0.717, 1.165) is 32.8 Å². The van der Waals surface area contributed by atoms with Gasteiger partial charge in [-0.05, 0) is 48.5 Å². The standard InChI is InChI=1S/C20H17N3O4S/c1-12-5-4-6-13(11-12)21-16-19(26)23(20(27)28-16)10-9-22-17(24)14-7-2-3-8-15(14)18(22)25/h2-8,11,16,21H,9-10H2,1H3/t16-/m1/s1. The van der Waals surface area contributed by atoms with Gasteiger partial charge in [0.15, 0.2) is 5.37 Å². The summed E-state index contributed by atoms with van der Waals surface area (Å²) in [5, 5.41) is 1.93. The van der Waals surface area contributed by atoms with Crippen LogP contribution in [0.2, 0.25) is 0 Å². The summed E-state index contributed by atoms with van der Waals surface area (Å²) in [4.78, 5) is 51.9. The molecule has 8 heteroatoms. The second-order valence-corrected chi connectivity index (χ2v) is 7.63. The molecular formula is C20H17N3O4S. The summed E-state index contributed by atoms with van der Waals surface area (Å²) in [5.74, 6) is -1.18. The Morgan fingerprint density at radius 3 is 2.18 bits per heavy atom. The van der Waals surface area contributed by atoms with Gasteiger partial charge in [0.05, 0.1) is 11.1 Å². The number of aryl methyl sites for hydroxylation is 1. The molecule has 1 fully saturated rings. The molecule has 0 bridgehead atoms. The van der Waals surface area contributed by atoms with Gasteiger partial charge in [0.25, 0.3) is 23.0 Å². The van der Waals surface area contributed by atoms with Crippen LogP contribution in [0.25, 0.3) is 0 Å². The molecule has 2 aromatic carbocycles. The van der Waals surface area contributed by atoms with E-state index in [1.807, 2.05) is 31.2 Å². The zero-order valence-electron chi connectivity index (χ0n) is 15.0. The Balaban J connectivity index is 1.42. The van der Waals surface area contributed by atoms with Crippen molar-refractivity contribution in [3.8, 4) is 0 Å². The molecule has 0 radical (unpaired) electrons. The highest BCUT2D eigenvalue weighted by Gasteiger charge is 2.41. The van der Waals surface area contributed by atoms with Gasteiger partial charge in [0, 0.05) is 18.8 Å². The maximum atomic E-state index is 12.6. The number of thioether (sulfide) groups is 1. The van der Waals surface area contributed by atoms with Gasteiger partial charge in [-0.1, -0.05) is 24.3 Å². The fraction of sp³-hybridized carbons (Fsp3) is 0.200. The van der Waals surface area contributed by atoms with Crippen LogP contribution in [0.4, 0.5) is 10.5 Å². The fourth-order valence-corrected chi connectivity index (χ4v) is 4.20. The average Bonchev–Trinajstić information content (AvgIpc) is 3.08. The van der Waals surface area contributed by atoms with E-state index in [1.165, 1.54) is 0 Å². The van der Waals surface area contributed by atoms with Crippen molar-refractivity contribution in [3.05, 3.63) is 65.2 Å². The number of hydrogen-bond donors (Lipinski definition) is 1. The highest BCUT2D eigenvalue weighted by Crippen LogP contribution is 2.29. The molecular weight excluding hydrogens is 378 g/mol. The molecule has 0 unspecified atom stereocenters. The Labute approximate surface area is 165 Å². The molecule has 1 N–H and O–H groups in total. The predicted molar refractivity (Wildman–Crippen MR) is 105 cm³/mol. The maximum Gasteiger partial charge on any atom is 0.290 e. The van der Waals surface area contributed by atoms with Gasteiger partial charge in [0.1, 0.15) is 0 Å². The van der Waals surface area contributed by atoms with Crippen molar-refractivity contribution in [2.24, 2.45) is 0 Å². The minimum absolute atomic E-state index is 0.0257. The molecule has 1 atom stereocenters. The summed E-state index contributed by atoms with van der Waals surface area (Å²) < 4.78 is 0. The molecule has 142 valence electrons. The minimum Gasteiger partial charge on any atom is -0.365 e. The average molecular weight is 395 g/mol.